The highest BCUT2D eigenvalue weighted by atomic mass is 35.5. The molecule has 3 atom stereocenters. The van der Waals surface area contributed by atoms with Gasteiger partial charge in [-0.05, 0) is 36.5 Å². The van der Waals surface area contributed by atoms with Crippen LogP contribution in [-0.4, -0.2) is 40.2 Å². The summed E-state index contributed by atoms with van der Waals surface area (Å²) in [5.41, 5.74) is 1.85. The van der Waals surface area contributed by atoms with E-state index >= 15 is 0 Å². The Morgan fingerprint density at radius 3 is 2.55 bits per heavy atom. The lowest BCUT2D eigenvalue weighted by molar-refractivity contribution is -0.143. The molecule has 33 heavy (non-hydrogen) atoms. The highest BCUT2D eigenvalue weighted by Gasteiger charge is 2.49. The predicted molar refractivity (Wildman–Crippen MR) is 127 cm³/mol. The summed E-state index contributed by atoms with van der Waals surface area (Å²) in [7, 11) is 0. The van der Waals surface area contributed by atoms with Crippen molar-refractivity contribution in [3.05, 3.63) is 83.4 Å². The molecule has 1 aliphatic carbocycles. The molecule has 2 aromatic rings. The third-order valence-corrected chi connectivity index (χ3v) is 6.94. The maximum absolute atomic E-state index is 13.3. The Morgan fingerprint density at radius 1 is 1.09 bits per heavy atom. The summed E-state index contributed by atoms with van der Waals surface area (Å²) in [6.07, 6.45) is 3.19. The van der Waals surface area contributed by atoms with Crippen LogP contribution >= 0.6 is 11.6 Å². The Bertz CT molecular complexity index is 1040. The number of carbonyl (C=O) groups is 3. The molecule has 1 N–H and O–H groups in total. The highest BCUT2D eigenvalue weighted by Crippen LogP contribution is 2.38. The zero-order valence-electron chi connectivity index (χ0n) is 18.5. The van der Waals surface area contributed by atoms with E-state index in [4.69, 9.17) is 11.6 Å². The number of nitrogens with one attached hydrogen (secondary N) is 1. The highest BCUT2D eigenvalue weighted by molar-refractivity contribution is 6.31. The van der Waals surface area contributed by atoms with Crippen LogP contribution in [0.4, 0.5) is 4.79 Å². The molecule has 1 saturated heterocycles. The van der Waals surface area contributed by atoms with Crippen LogP contribution in [0.15, 0.2) is 67.3 Å². The fourth-order valence-electron chi connectivity index (χ4n) is 4.83. The van der Waals surface area contributed by atoms with E-state index in [0.29, 0.717) is 37.4 Å². The van der Waals surface area contributed by atoms with Gasteiger partial charge in [-0.25, -0.2) is 4.79 Å². The van der Waals surface area contributed by atoms with Crippen molar-refractivity contribution in [3.63, 3.8) is 0 Å². The lowest BCUT2D eigenvalue weighted by Gasteiger charge is -2.48. The van der Waals surface area contributed by atoms with Gasteiger partial charge in [0.15, 0.2) is 0 Å². The number of nitrogens with zero attached hydrogens (tertiary/aromatic N) is 2. The molecule has 2 aliphatic rings. The molecule has 4 amide bonds. The van der Waals surface area contributed by atoms with Gasteiger partial charge in [0.25, 0.3) is 0 Å². The van der Waals surface area contributed by atoms with E-state index in [0.717, 1.165) is 11.1 Å². The minimum absolute atomic E-state index is 0.0385. The first-order valence-corrected chi connectivity index (χ1v) is 11.6. The Morgan fingerprint density at radius 2 is 1.82 bits per heavy atom. The number of carbonyl (C=O) groups excluding carboxylic acids is 3. The second-order valence-corrected chi connectivity index (χ2v) is 9.03. The Labute approximate surface area is 199 Å². The molecule has 0 aromatic heterocycles. The molecule has 7 heteroatoms. The fourth-order valence-corrected chi connectivity index (χ4v) is 5.03. The zero-order chi connectivity index (χ0) is 23.4. The molecular weight excluding hydrogens is 438 g/mol. The number of fused-ring (bicyclic) bond motifs is 1. The first-order chi connectivity index (χ1) is 16.0. The monoisotopic (exact) mass is 465 g/mol. The third kappa shape index (κ3) is 4.96. The van der Waals surface area contributed by atoms with Crippen molar-refractivity contribution in [2.24, 2.45) is 11.8 Å². The quantitative estimate of drug-likeness (QED) is 0.616. The summed E-state index contributed by atoms with van der Waals surface area (Å²) in [6.45, 7) is 4.61. The van der Waals surface area contributed by atoms with Crippen LogP contribution < -0.4 is 5.32 Å². The molecule has 6 nitrogen and oxygen atoms in total. The van der Waals surface area contributed by atoms with Crippen molar-refractivity contribution >= 4 is 29.4 Å². The lowest BCUT2D eigenvalue weighted by atomic mass is 9.75. The molecule has 0 bridgehead atoms. The number of halogens is 1. The summed E-state index contributed by atoms with van der Waals surface area (Å²) >= 11 is 6.37. The SMILES string of the molecule is C=CCN1C(=O)C2CCC(C(=O)NCc3ccccc3)CC2N(Cc2ccccc2Cl)C1=O. The van der Waals surface area contributed by atoms with Crippen molar-refractivity contribution < 1.29 is 14.4 Å². The minimum atomic E-state index is -0.355. The number of benzene rings is 2. The van der Waals surface area contributed by atoms with E-state index in [2.05, 4.69) is 11.9 Å². The Hall–Kier alpha value is -3.12. The van der Waals surface area contributed by atoms with Gasteiger partial charge in [0.05, 0.1) is 5.92 Å². The molecule has 3 unspecified atom stereocenters. The summed E-state index contributed by atoms with van der Waals surface area (Å²) < 4.78 is 0. The van der Waals surface area contributed by atoms with Gasteiger partial charge in [-0.2, -0.15) is 0 Å². The van der Waals surface area contributed by atoms with E-state index in [1.165, 1.54) is 4.90 Å². The van der Waals surface area contributed by atoms with E-state index in [9.17, 15) is 14.4 Å². The fraction of sp³-hybridized carbons (Fsp3) is 0.346. The molecule has 1 saturated carbocycles. The summed E-state index contributed by atoms with van der Waals surface area (Å²) in [5.74, 6) is -0.801. The number of hydrogen-bond acceptors (Lipinski definition) is 3. The topological polar surface area (TPSA) is 69.7 Å². The normalized spacial score (nSPS) is 22.6. The van der Waals surface area contributed by atoms with Crippen LogP contribution in [0.1, 0.15) is 30.4 Å². The van der Waals surface area contributed by atoms with Gasteiger partial charge in [0, 0.05) is 36.6 Å². The minimum Gasteiger partial charge on any atom is -0.352 e. The number of hydrogen-bond donors (Lipinski definition) is 1. The molecule has 4 rings (SSSR count). The maximum atomic E-state index is 13.3. The molecule has 0 spiro atoms. The van der Waals surface area contributed by atoms with Crippen molar-refractivity contribution in [2.45, 2.75) is 38.4 Å². The molecule has 1 aliphatic heterocycles. The number of urea groups is 1. The molecule has 2 aromatic carbocycles. The Kier molecular flexibility index (Phi) is 7.14. The zero-order valence-corrected chi connectivity index (χ0v) is 19.2. The Balaban J connectivity index is 1.53. The van der Waals surface area contributed by atoms with E-state index < -0.39 is 0 Å². The first-order valence-electron chi connectivity index (χ1n) is 11.3. The largest absolute Gasteiger partial charge is 0.352 e. The maximum Gasteiger partial charge on any atom is 0.327 e. The second-order valence-electron chi connectivity index (χ2n) is 8.63. The van der Waals surface area contributed by atoms with Crippen LogP contribution in [0.2, 0.25) is 5.02 Å². The third-order valence-electron chi connectivity index (χ3n) is 6.57. The molecule has 0 radical (unpaired) electrons. The lowest BCUT2D eigenvalue weighted by Crippen LogP contribution is -2.63. The van der Waals surface area contributed by atoms with E-state index in [-0.39, 0.29) is 42.3 Å². The molecular formula is C26H28ClN3O3. The van der Waals surface area contributed by atoms with Crippen LogP contribution in [0.5, 0.6) is 0 Å². The number of rotatable bonds is 7. The van der Waals surface area contributed by atoms with Gasteiger partial charge >= 0.3 is 6.03 Å². The van der Waals surface area contributed by atoms with Crippen molar-refractivity contribution in [3.8, 4) is 0 Å². The number of amides is 4. The van der Waals surface area contributed by atoms with Crippen molar-refractivity contribution in [1.29, 1.82) is 0 Å². The average Bonchev–Trinajstić information content (AvgIpc) is 2.84. The standard InChI is InChI=1S/C26H28ClN3O3/c1-2-14-29-25(32)21-13-12-19(24(31)28-16-18-8-4-3-5-9-18)15-23(21)30(26(29)33)17-20-10-6-7-11-22(20)27/h2-11,19,21,23H,1,12-17H2,(H,28,31). The van der Waals surface area contributed by atoms with Gasteiger partial charge in [0.2, 0.25) is 11.8 Å². The molecule has 2 fully saturated rings. The molecule has 1 heterocycles. The smallest absolute Gasteiger partial charge is 0.327 e. The van der Waals surface area contributed by atoms with Gasteiger partial charge in [-0.15, -0.1) is 6.58 Å². The van der Waals surface area contributed by atoms with Gasteiger partial charge in [-0.3, -0.25) is 14.5 Å². The molecule has 172 valence electrons. The summed E-state index contributed by atoms with van der Waals surface area (Å²) in [6, 6.07) is 16.4. The first kappa shape index (κ1) is 23.1. The van der Waals surface area contributed by atoms with Gasteiger partial charge in [0.1, 0.15) is 0 Å². The van der Waals surface area contributed by atoms with Crippen molar-refractivity contribution in [1.82, 2.24) is 15.1 Å². The van der Waals surface area contributed by atoms with E-state index in [1.54, 1.807) is 17.0 Å². The van der Waals surface area contributed by atoms with Crippen LogP contribution in [0.25, 0.3) is 0 Å². The average molecular weight is 466 g/mol. The van der Waals surface area contributed by atoms with E-state index in [1.807, 2.05) is 48.5 Å². The van der Waals surface area contributed by atoms with Crippen LogP contribution in [-0.2, 0) is 22.7 Å². The van der Waals surface area contributed by atoms with Gasteiger partial charge < -0.3 is 10.2 Å². The second kappa shape index (κ2) is 10.2. The summed E-state index contributed by atoms with van der Waals surface area (Å²) in [4.78, 5) is 42.4. The van der Waals surface area contributed by atoms with Crippen LogP contribution in [0.3, 0.4) is 0 Å². The van der Waals surface area contributed by atoms with Crippen molar-refractivity contribution in [2.75, 3.05) is 6.54 Å². The number of imide groups is 1. The van der Waals surface area contributed by atoms with Crippen LogP contribution in [0, 0.1) is 11.8 Å². The predicted octanol–water partition coefficient (Wildman–Crippen LogP) is 4.39. The van der Waals surface area contributed by atoms with Gasteiger partial charge in [-0.1, -0.05) is 66.2 Å². The summed E-state index contributed by atoms with van der Waals surface area (Å²) in [5, 5.41) is 3.59.